The second-order valence-corrected chi connectivity index (χ2v) is 7.41. The Labute approximate surface area is 172 Å². The normalized spacial score (nSPS) is 11.7. The highest BCUT2D eigenvalue weighted by Gasteiger charge is 2.17. The molecule has 2 amide bonds. The van der Waals surface area contributed by atoms with Gasteiger partial charge in [-0.25, -0.2) is 0 Å². The lowest BCUT2D eigenvalue weighted by Crippen LogP contribution is -2.37. The summed E-state index contributed by atoms with van der Waals surface area (Å²) in [5, 5.41) is 19.8. The zero-order chi connectivity index (χ0) is 20.1. The number of aliphatic hydroxyl groups is 1. The second-order valence-electron chi connectivity index (χ2n) is 6.23. The van der Waals surface area contributed by atoms with Crippen LogP contribution in [0.15, 0.2) is 59.3 Å². The predicted molar refractivity (Wildman–Crippen MR) is 113 cm³/mol. The molecule has 0 bridgehead atoms. The number of amides is 2. The average molecular weight is 415 g/mol. The molecule has 28 heavy (non-hydrogen) atoms. The molecule has 1 aromatic heterocycles. The minimum Gasteiger partial charge on any atom is -0.387 e. The Morgan fingerprint density at radius 1 is 1.07 bits per heavy atom. The fourth-order valence-corrected chi connectivity index (χ4v) is 3.48. The van der Waals surface area contributed by atoms with Gasteiger partial charge < -0.3 is 15.7 Å². The number of thiophene rings is 1. The smallest absolute Gasteiger partial charge is 0.313 e. The first kappa shape index (κ1) is 20.1. The molecule has 0 aliphatic rings. The highest BCUT2D eigenvalue weighted by molar-refractivity contribution is 7.08. The van der Waals surface area contributed by atoms with E-state index in [1.165, 1.54) is 0 Å². The first-order valence-corrected chi connectivity index (χ1v) is 9.92. The van der Waals surface area contributed by atoms with Crippen LogP contribution in [0.3, 0.4) is 0 Å². The van der Waals surface area contributed by atoms with Crippen LogP contribution in [0.5, 0.6) is 0 Å². The van der Waals surface area contributed by atoms with Crippen molar-refractivity contribution in [1.29, 1.82) is 0 Å². The Morgan fingerprint density at radius 2 is 1.82 bits per heavy atom. The standard InChI is InChI=1S/C21H19ClN2O3S/c1-13-17(22)3-2-4-18(13)24-21(27)20(26)23-11-19(25)15-7-5-14(6-8-15)16-9-10-28-12-16/h2-10,12,19,25H,11H2,1H3,(H,23,26)(H,24,27)/t19-/m0/s1. The van der Waals surface area contributed by atoms with E-state index in [2.05, 4.69) is 10.6 Å². The fourth-order valence-electron chi connectivity index (χ4n) is 2.64. The van der Waals surface area contributed by atoms with E-state index in [0.29, 0.717) is 21.8 Å². The fraction of sp³-hybridized carbons (Fsp3) is 0.143. The zero-order valence-corrected chi connectivity index (χ0v) is 16.7. The van der Waals surface area contributed by atoms with Crippen molar-refractivity contribution in [2.75, 3.05) is 11.9 Å². The van der Waals surface area contributed by atoms with Crippen LogP contribution in [0.4, 0.5) is 5.69 Å². The predicted octanol–water partition coefficient (Wildman–Crippen LogP) is 4.17. The zero-order valence-electron chi connectivity index (χ0n) is 15.1. The van der Waals surface area contributed by atoms with Crippen LogP contribution in [0.2, 0.25) is 5.02 Å². The number of rotatable bonds is 5. The molecule has 0 saturated carbocycles. The summed E-state index contributed by atoms with van der Waals surface area (Å²) in [6, 6.07) is 14.5. The van der Waals surface area contributed by atoms with Crippen LogP contribution >= 0.6 is 22.9 Å². The molecule has 7 heteroatoms. The summed E-state index contributed by atoms with van der Waals surface area (Å²) in [6.45, 7) is 1.68. The molecule has 0 saturated heterocycles. The maximum absolute atomic E-state index is 12.1. The summed E-state index contributed by atoms with van der Waals surface area (Å²) >= 11 is 7.63. The van der Waals surface area contributed by atoms with Crippen LogP contribution in [-0.4, -0.2) is 23.5 Å². The van der Waals surface area contributed by atoms with Crippen LogP contribution < -0.4 is 10.6 Å². The molecule has 1 atom stereocenters. The largest absolute Gasteiger partial charge is 0.387 e. The van der Waals surface area contributed by atoms with Crippen molar-refractivity contribution in [2.45, 2.75) is 13.0 Å². The molecule has 3 N–H and O–H groups in total. The second kappa shape index (κ2) is 9.01. The summed E-state index contributed by atoms with van der Waals surface area (Å²) in [4.78, 5) is 24.1. The number of halogens is 1. The highest BCUT2D eigenvalue weighted by atomic mass is 35.5. The molecule has 5 nitrogen and oxygen atoms in total. The summed E-state index contributed by atoms with van der Waals surface area (Å²) in [5.41, 5.74) is 3.98. The van der Waals surface area contributed by atoms with E-state index in [0.717, 1.165) is 11.1 Å². The molecule has 0 unspecified atom stereocenters. The van der Waals surface area contributed by atoms with Gasteiger partial charge in [-0.15, -0.1) is 0 Å². The monoisotopic (exact) mass is 414 g/mol. The summed E-state index contributed by atoms with van der Waals surface area (Å²) in [6.07, 6.45) is -0.916. The molecule has 0 radical (unpaired) electrons. The van der Waals surface area contributed by atoms with Crippen molar-refractivity contribution < 1.29 is 14.7 Å². The number of benzene rings is 2. The topological polar surface area (TPSA) is 78.4 Å². The van der Waals surface area contributed by atoms with Crippen molar-refractivity contribution >= 4 is 40.4 Å². The van der Waals surface area contributed by atoms with Gasteiger partial charge in [0.2, 0.25) is 0 Å². The maximum Gasteiger partial charge on any atom is 0.313 e. The first-order valence-electron chi connectivity index (χ1n) is 8.60. The van der Waals surface area contributed by atoms with Crippen molar-refractivity contribution in [2.24, 2.45) is 0 Å². The molecule has 1 heterocycles. The Balaban J connectivity index is 1.55. The van der Waals surface area contributed by atoms with Gasteiger partial charge in [0, 0.05) is 17.3 Å². The third-order valence-electron chi connectivity index (χ3n) is 4.33. The van der Waals surface area contributed by atoms with Gasteiger partial charge in [-0.05, 0) is 58.1 Å². The maximum atomic E-state index is 12.1. The summed E-state index contributed by atoms with van der Waals surface area (Å²) in [5.74, 6) is -1.64. The lowest BCUT2D eigenvalue weighted by atomic mass is 10.0. The Morgan fingerprint density at radius 3 is 2.50 bits per heavy atom. The first-order chi connectivity index (χ1) is 13.5. The number of hydrogen-bond donors (Lipinski definition) is 3. The summed E-state index contributed by atoms with van der Waals surface area (Å²) in [7, 11) is 0. The van der Waals surface area contributed by atoms with Gasteiger partial charge in [0.15, 0.2) is 0 Å². The van der Waals surface area contributed by atoms with Crippen molar-refractivity contribution in [3.8, 4) is 11.1 Å². The van der Waals surface area contributed by atoms with E-state index in [9.17, 15) is 14.7 Å². The lowest BCUT2D eigenvalue weighted by molar-refractivity contribution is -0.136. The third-order valence-corrected chi connectivity index (χ3v) is 5.42. The Bertz CT molecular complexity index is 972. The molecule has 0 fully saturated rings. The molecule has 0 spiro atoms. The molecule has 0 aliphatic heterocycles. The van der Waals surface area contributed by atoms with Crippen LogP contribution in [0.25, 0.3) is 11.1 Å². The van der Waals surface area contributed by atoms with E-state index < -0.39 is 17.9 Å². The van der Waals surface area contributed by atoms with Crippen molar-refractivity contribution in [3.63, 3.8) is 0 Å². The minimum atomic E-state index is -0.916. The molecular formula is C21H19ClN2O3S. The van der Waals surface area contributed by atoms with Gasteiger partial charge in [0.25, 0.3) is 0 Å². The molecular weight excluding hydrogens is 396 g/mol. The van der Waals surface area contributed by atoms with E-state index >= 15 is 0 Å². The van der Waals surface area contributed by atoms with E-state index in [1.54, 1.807) is 48.6 Å². The van der Waals surface area contributed by atoms with Gasteiger partial charge in [-0.2, -0.15) is 11.3 Å². The number of hydrogen-bond acceptors (Lipinski definition) is 4. The van der Waals surface area contributed by atoms with Crippen LogP contribution in [0, 0.1) is 6.92 Å². The minimum absolute atomic E-state index is 0.0709. The number of carbonyl (C=O) groups is 2. The van der Waals surface area contributed by atoms with Gasteiger partial charge >= 0.3 is 11.8 Å². The quantitative estimate of drug-likeness (QED) is 0.548. The SMILES string of the molecule is Cc1c(Cl)cccc1NC(=O)C(=O)NC[C@H](O)c1ccc(-c2ccsc2)cc1. The molecule has 3 aromatic rings. The van der Waals surface area contributed by atoms with Gasteiger partial charge in [0.1, 0.15) is 0 Å². The molecule has 3 rings (SSSR count). The molecule has 0 aliphatic carbocycles. The number of aliphatic hydroxyl groups excluding tert-OH is 1. The number of carbonyl (C=O) groups excluding carboxylic acids is 2. The summed E-state index contributed by atoms with van der Waals surface area (Å²) < 4.78 is 0. The Hall–Kier alpha value is -2.67. The third kappa shape index (κ3) is 4.78. The van der Waals surface area contributed by atoms with Crippen molar-refractivity contribution in [1.82, 2.24) is 5.32 Å². The van der Waals surface area contributed by atoms with Crippen molar-refractivity contribution in [3.05, 3.63) is 75.4 Å². The molecule has 144 valence electrons. The lowest BCUT2D eigenvalue weighted by Gasteiger charge is -2.13. The number of anilines is 1. The van der Waals surface area contributed by atoms with Gasteiger partial charge in [-0.3, -0.25) is 9.59 Å². The molecule has 2 aromatic carbocycles. The Kier molecular flexibility index (Phi) is 6.46. The van der Waals surface area contributed by atoms with Crippen LogP contribution in [-0.2, 0) is 9.59 Å². The van der Waals surface area contributed by atoms with E-state index in [-0.39, 0.29) is 6.54 Å². The van der Waals surface area contributed by atoms with Crippen LogP contribution in [0.1, 0.15) is 17.2 Å². The van der Waals surface area contributed by atoms with Gasteiger partial charge in [0.05, 0.1) is 6.10 Å². The van der Waals surface area contributed by atoms with Gasteiger partial charge in [-0.1, -0.05) is 41.9 Å². The highest BCUT2D eigenvalue weighted by Crippen LogP contribution is 2.24. The number of nitrogens with one attached hydrogen (secondary N) is 2. The average Bonchev–Trinajstić information content (AvgIpc) is 3.24. The van der Waals surface area contributed by atoms with E-state index in [4.69, 9.17) is 11.6 Å². The van der Waals surface area contributed by atoms with E-state index in [1.807, 2.05) is 29.0 Å².